The van der Waals surface area contributed by atoms with Crippen molar-refractivity contribution in [2.75, 3.05) is 0 Å². The van der Waals surface area contributed by atoms with Gasteiger partial charge in [-0.2, -0.15) is 26.3 Å². The lowest BCUT2D eigenvalue weighted by Gasteiger charge is -2.21. The lowest BCUT2D eigenvalue weighted by atomic mass is 9.91. The van der Waals surface area contributed by atoms with Gasteiger partial charge in [-0.1, -0.05) is 109 Å². The average molecular weight is 827 g/mol. The van der Waals surface area contributed by atoms with Crippen molar-refractivity contribution >= 4 is 21.8 Å². The first-order valence-corrected chi connectivity index (χ1v) is 20.6. The van der Waals surface area contributed by atoms with E-state index in [0.717, 1.165) is 77.8 Å². The monoisotopic (exact) mass is 826 g/mol. The van der Waals surface area contributed by atoms with Gasteiger partial charge in [-0.25, -0.2) is 9.97 Å². The number of para-hydroxylation sites is 1. The van der Waals surface area contributed by atoms with Crippen LogP contribution in [0.25, 0.3) is 94.8 Å². The number of hydrogen-bond donors (Lipinski definition) is 0. The normalized spacial score (nSPS) is 10.7. The van der Waals surface area contributed by atoms with E-state index in [1.807, 2.05) is 146 Å². The number of nitriles is 5. The van der Waals surface area contributed by atoms with Gasteiger partial charge in [0, 0.05) is 44.2 Å². The third-order valence-electron chi connectivity index (χ3n) is 11.6. The molecule has 8 nitrogen and oxygen atoms in total. The predicted octanol–water partition coefficient (Wildman–Crippen LogP) is 12.9. The van der Waals surface area contributed by atoms with Gasteiger partial charge in [0.1, 0.15) is 0 Å². The number of fused-ring (bicyclic) bond motifs is 3. The SMILES string of the molecule is N#Cc1ccc(-c2cc(-c3nc(-c4ccccc4)cc(-c4ccccc4)n3)cc(-c3ccc(C#N)cc3)c2-n2c3ccccc3c3cc(-c4c(C#N)cc(C#N)cc4C#N)ccc32)cc1. The van der Waals surface area contributed by atoms with Gasteiger partial charge in [-0.05, 0) is 89.5 Å². The Hall–Kier alpha value is -9.91. The topological polar surface area (TPSA) is 150 Å². The Morgan fingerprint density at radius 3 is 1.34 bits per heavy atom. The van der Waals surface area contributed by atoms with Crippen molar-refractivity contribution in [3.63, 3.8) is 0 Å². The van der Waals surface area contributed by atoms with Gasteiger partial charge >= 0.3 is 0 Å². The van der Waals surface area contributed by atoms with Crippen molar-refractivity contribution in [1.29, 1.82) is 26.3 Å². The van der Waals surface area contributed by atoms with Crippen molar-refractivity contribution in [1.82, 2.24) is 14.5 Å². The number of benzene rings is 8. The largest absolute Gasteiger partial charge is 0.308 e. The van der Waals surface area contributed by atoms with E-state index in [4.69, 9.17) is 9.97 Å². The summed E-state index contributed by atoms with van der Waals surface area (Å²) < 4.78 is 2.23. The molecule has 298 valence electrons. The van der Waals surface area contributed by atoms with Crippen LogP contribution in [0.5, 0.6) is 0 Å². The zero-order valence-electron chi connectivity index (χ0n) is 34.4. The highest BCUT2D eigenvalue weighted by Gasteiger charge is 2.24. The van der Waals surface area contributed by atoms with E-state index in [2.05, 4.69) is 59.2 Å². The fourth-order valence-electron chi connectivity index (χ4n) is 8.55. The Bertz CT molecular complexity index is 3570. The first-order chi connectivity index (χ1) is 32.0. The van der Waals surface area contributed by atoms with E-state index in [1.165, 1.54) is 12.1 Å². The Morgan fingerprint density at radius 2 is 0.831 bits per heavy atom. The second-order valence-corrected chi connectivity index (χ2v) is 15.4. The van der Waals surface area contributed by atoms with Gasteiger partial charge in [-0.15, -0.1) is 0 Å². The maximum Gasteiger partial charge on any atom is 0.160 e. The zero-order valence-corrected chi connectivity index (χ0v) is 34.4. The summed E-state index contributed by atoms with van der Waals surface area (Å²) in [5.74, 6) is 0.512. The van der Waals surface area contributed by atoms with Gasteiger partial charge in [0.05, 0.1) is 86.3 Å². The molecule has 8 aromatic carbocycles. The highest BCUT2D eigenvalue weighted by molar-refractivity contribution is 6.12. The van der Waals surface area contributed by atoms with E-state index in [0.29, 0.717) is 28.1 Å². The van der Waals surface area contributed by atoms with Gasteiger partial charge in [0.25, 0.3) is 0 Å². The molecule has 0 radical (unpaired) electrons. The molecule has 0 fully saturated rings. The summed E-state index contributed by atoms with van der Waals surface area (Å²) in [4.78, 5) is 10.5. The van der Waals surface area contributed by atoms with E-state index in [9.17, 15) is 26.3 Å². The standard InChI is InChI=1S/C57H30N8/c58-31-36-15-19-39(20-16-36)48-28-44(57-63-51(41-9-3-1-4-10-41)30-52(64-57)42-11-5-2-6-12-42)29-49(40-21-17-37(32-59)18-22-40)56(48)65-53-14-8-7-13-47(53)50-27-43(23-24-54(50)65)55-45(34-61)25-38(33-60)26-46(55)35-62/h1-30H. The molecule has 10 aromatic rings. The Labute approximate surface area is 374 Å². The molecular weight excluding hydrogens is 797 g/mol. The van der Waals surface area contributed by atoms with E-state index < -0.39 is 0 Å². The molecule has 0 saturated carbocycles. The summed E-state index contributed by atoms with van der Waals surface area (Å²) in [7, 11) is 0. The summed E-state index contributed by atoms with van der Waals surface area (Å²) in [6.45, 7) is 0. The fraction of sp³-hybridized carbons (Fsp3) is 0. The number of nitrogens with zero attached hydrogens (tertiary/aromatic N) is 8. The molecule has 65 heavy (non-hydrogen) atoms. The van der Waals surface area contributed by atoms with Crippen LogP contribution in [-0.4, -0.2) is 14.5 Å². The average Bonchev–Trinajstić information content (AvgIpc) is 3.71. The summed E-state index contributed by atoms with van der Waals surface area (Å²) in [6, 6.07) is 69.3. The van der Waals surface area contributed by atoms with E-state index in [1.54, 1.807) is 0 Å². The Morgan fingerprint density at radius 1 is 0.354 bits per heavy atom. The predicted molar refractivity (Wildman–Crippen MR) is 253 cm³/mol. The van der Waals surface area contributed by atoms with Crippen molar-refractivity contribution < 1.29 is 0 Å². The number of rotatable bonds is 7. The van der Waals surface area contributed by atoms with Gasteiger partial charge < -0.3 is 4.57 Å². The van der Waals surface area contributed by atoms with Crippen molar-refractivity contribution in [3.05, 3.63) is 210 Å². The molecule has 0 aliphatic rings. The minimum absolute atomic E-state index is 0.236. The molecular formula is C57H30N8. The molecule has 2 heterocycles. The summed E-state index contributed by atoms with van der Waals surface area (Å²) >= 11 is 0. The summed E-state index contributed by atoms with van der Waals surface area (Å²) in [6.07, 6.45) is 0. The molecule has 0 atom stereocenters. The lowest BCUT2D eigenvalue weighted by Crippen LogP contribution is -2.03. The molecule has 10 rings (SSSR count). The first-order valence-electron chi connectivity index (χ1n) is 20.6. The number of aromatic nitrogens is 3. The van der Waals surface area contributed by atoms with Crippen LogP contribution >= 0.6 is 0 Å². The van der Waals surface area contributed by atoms with Crippen LogP contribution in [0.2, 0.25) is 0 Å². The minimum atomic E-state index is 0.236. The van der Waals surface area contributed by atoms with E-state index >= 15 is 0 Å². The lowest BCUT2D eigenvalue weighted by molar-refractivity contribution is 1.17. The van der Waals surface area contributed by atoms with Crippen molar-refractivity contribution in [2.45, 2.75) is 0 Å². The maximum absolute atomic E-state index is 10.2. The molecule has 0 bridgehead atoms. The maximum atomic E-state index is 10.2. The minimum Gasteiger partial charge on any atom is -0.308 e. The molecule has 0 amide bonds. The van der Waals surface area contributed by atoms with Crippen LogP contribution in [0.4, 0.5) is 0 Å². The fourth-order valence-corrected chi connectivity index (χ4v) is 8.55. The molecule has 2 aromatic heterocycles. The van der Waals surface area contributed by atoms with Gasteiger partial charge in [-0.3, -0.25) is 0 Å². The molecule has 0 aliphatic heterocycles. The smallest absolute Gasteiger partial charge is 0.160 e. The Kier molecular flexibility index (Phi) is 9.97. The zero-order chi connectivity index (χ0) is 44.4. The van der Waals surface area contributed by atoms with Crippen molar-refractivity contribution in [2.24, 2.45) is 0 Å². The van der Waals surface area contributed by atoms with Crippen LogP contribution in [0, 0.1) is 56.7 Å². The number of hydrogen-bond acceptors (Lipinski definition) is 7. The third kappa shape index (κ3) is 7.07. The van der Waals surface area contributed by atoms with Crippen molar-refractivity contribution in [3.8, 4) is 103 Å². The van der Waals surface area contributed by atoms with Crippen LogP contribution in [0.15, 0.2) is 182 Å². The van der Waals surface area contributed by atoms with Gasteiger partial charge in [0.2, 0.25) is 0 Å². The highest BCUT2D eigenvalue weighted by Crippen LogP contribution is 2.45. The van der Waals surface area contributed by atoms with Crippen LogP contribution in [0.1, 0.15) is 27.8 Å². The Balaban J connectivity index is 1.31. The summed E-state index contributed by atoms with van der Waals surface area (Å²) in [5.41, 5.74) is 13.0. The highest BCUT2D eigenvalue weighted by atomic mass is 15.0. The second-order valence-electron chi connectivity index (χ2n) is 15.4. The van der Waals surface area contributed by atoms with Crippen LogP contribution in [0.3, 0.4) is 0 Å². The summed E-state index contributed by atoms with van der Waals surface area (Å²) in [5, 5.41) is 51.7. The van der Waals surface area contributed by atoms with E-state index in [-0.39, 0.29) is 16.7 Å². The molecule has 0 N–H and O–H groups in total. The van der Waals surface area contributed by atoms with Gasteiger partial charge in [0.15, 0.2) is 5.82 Å². The quantitative estimate of drug-likeness (QED) is 0.155. The molecule has 0 spiro atoms. The molecule has 8 heteroatoms. The molecule has 0 aliphatic carbocycles. The third-order valence-corrected chi connectivity index (χ3v) is 11.6. The molecule has 0 saturated heterocycles. The molecule has 0 unspecified atom stereocenters. The van der Waals surface area contributed by atoms with Crippen LogP contribution in [-0.2, 0) is 0 Å². The first kappa shape index (κ1) is 39.2. The van der Waals surface area contributed by atoms with Crippen LogP contribution < -0.4 is 0 Å². The second kappa shape index (κ2) is 16.5.